The molecule has 20 heavy (non-hydrogen) atoms. The first kappa shape index (κ1) is 13.8. The highest BCUT2D eigenvalue weighted by Gasteiger charge is 2.58. The molecule has 3 aliphatic rings. The lowest BCUT2D eigenvalue weighted by molar-refractivity contribution is -0.141. The first-order valence-electron chi connectivity index (χ1n) is 6.92. The van der Waals surface area contributed by atoms with Crippen LogP contribution in [0.1, 0.15) is 26.7 Å². The molecule has 1 heterocycles. The predicted octanol–water partition coefficient (Wildman–Crippen LogP) is 0.297. The van der Waals surface area contributed by atoms with Crippen LogP contribution in [0.15, 0.2) is 23.3 Å². The summed E-state index contributed by atoms with van der Waals surface area (Å²) in [6.45, 7) is 7.37. The zero-order chi connectivity index (χ0) is 14.8. The van der Waals surface area contributed by atoms with E-state index >= 15 is 0 Å². The van der Waals surface area contributed by atoms with Gasteiger partial charge in [-0.1, -0.05) is 13.5 Å². The van der Waals surface area contributed by atoms with Gasteiger partial charge < -0.3 is 20.1 Å². The van der Waals surface area contributed by atoms with Crippen molar-refractivity contribution in [1.29, 1.82) is 0 Å². The molecule has 0 bridgehead atoms. The van der Waals surface area contributed by atoms with Crippen LogP contribution in [0, 0.1) is 11.3 Å². The van der Waals surface area contributed by atoms with Crippen LogP contribution in [0.5, 0.6) is 0 Å². The Hall–Kier alpha value is -1.17. The molecule has 6 atom stereocenters. The second-order valence-electron chi connectivity index (χ2n) is 6.43. The van der Waals surface area contributed by atoms with E-state index in [9.17, 15) is 20.1 Å². The summed E-state index contributed by atoms with van der Waals surface area (Å²) in [5.41, 5.74) is 1.10. The number of fused-ring (bicyclic) bond motifs is 3. The third-order valence-electron chi connectivity index (χ3n) is 5.28. The summed E-state index contributed by atoms with van der Waals surface area (Å²) in [5.74, 6) is -0.976. The Bertz CT molecular complexity index is 522. The van der Waals surface area contributed by atoms with E-state index in [0.29, 0.717) is 6.42 Å². The van der Waals surface area contributed by atoms with Gasteiger partial charge in [0.05, 0.1) is 24.2 Å². The molecule has 2 fully saturated rings. The van der Waals surface area contributed by atoms with Gasteiger partial charge in [-0.25, -0.2) is 4.79 Å². The van der Waals surface area contributed by atoms with E-state index in [1.54, 1.807) is 6.92 Å². The van der Waals surface area contributed by atoms with Crippen molar-refractivity contribution in [2.75, 3.05) is 0 Å². The number of rotatable bonds is 0. The van der Waals surface area contributed by atoms with E-state index in [1.165, 1.54) is 0 Å². The Kier molecular flexibility index (Phi) is 2.87. The van der Waals surface area contributed by atoms with Crippen LogP contribution in [0.2, 0.25) is 0 Å². The maximum absolute atomic E-state index is 11.8. The second kappa shape index (κ2) is 4.16. The fraction of sp³-hybridized carbons (Fsp3) is 0.667. The topological polar surface area (TPSA) is 87.0 Å². The highest BCUT2D eigenvalue weighted by molar-refractivity contribution is 5.91. The Balaban J connectivity index is 2.15. The van der Waals surface area contributed by atoms with Crippen LogP contribution >= 0.6 is 0 Å². The molecule has 0 radical (unpaired) electrons. The molecule has 0 spiro atoms. The minimum Gasteiger partial charge on any atom is -0.454 e. The molecular weight excluding hydrogens is 260 g/mol. The van der Waals surface area contributed by atoms with E-state index in [1.807, 2.05) is 6.92 Å². The van der Waals surface area contributed by atoms with Gasteiger partial charge in [0.15, 0.2) is 0 Å². The molecule has 1 aliphatic heterocycles. The summed E-state index contributed by atoms with van der Waals surface area (Å²) in [6.07, 6.45) is -2.32. The Morgan fingerprint density at radius 1 is 1.35 bits per heavy atom. The van der Waals surface area contributed by atoms with Crippen LogP contribution in [-0.4, -0.2) is 45.7 Å². The van der Waals surface area contributed by atoms with Crippen LogP contribution in [0.25, 0.3) is 0 Å². The van der Waals surface area contributed by atoms with Crippen molar-refractivity contribution in [1.82, 2.24) is 0 Å². The van der Waals surface area contributed by atoms with Gasteiger partial charge in [-0.2, -0.15) is 0 Å². The minimum atomic E-state index is -0.773. The van der Waals surface area contributed by atoms with E-state index in [-0.39, 0.29) is 12.0 Å². The fourth-order valence-electron chi connectivity index (χ4n) is 4.07. The molecular formula is C15H20O5. The van der Waals surface area contributed by atoms with Gasteiger partial charge in [-0.3, -0.25) is 0 Å². The van der Waals surface area contributed by atoms with Gasteiger partial charge in [-0.05, 0) is 24.5 Å². The summed E-state index contributed by atoms with van der Waals surface area (Å²) in [4.78, 5) is 11.8. The van der Waals surface area contributed by atoms with E-state index < -0.39 is 41.7 Å². The largest absolute Gasteiger partial charge is 0.454 e. The van der Waals surface area contributed by atoms with Crippen molar-refractivity contribution in [2.45, 2.75) is 51.1 Å². The second-order valence-corrected chi connectivity index (χ2v) is 6.43. The smallest absolute Gasteiger partial charge is 0.334 e. The number of aliphatic hydroxyl groups excluding tert-OH is 3. The summed E-state index contributed by atoms with van der Waals surface area (Å²) in [5, 5.41) is 30.8. The van der Waals surface area contributed by atoms with Gasteiger partial charge in [0.25, 0.3) is 0 Å². The maximum Gasteiger partial charge on any atom is 0.334 e. The highest BCUT2D eigenvalue weighted by atomic mass is 16.6. The first-order chi connectivity index (χ1) is 9.27. The van der Waals surface area contributed by atoms with Crippen molar-refractivity contribution in [3.05, 3.63) is 23.3 Å². The zero-order valence-corrected chi connectivity index (χ0v) is 11.7. The summed E-state index contributed by atoms with van der Waals surface area (Å²) >= 11 is 0. The van der Waals surface area contributed by atoms with E-state index in [4.69, 9.17) is 4.74 Å². The number of carbonyl (C=O) groups is 1. The van der Waals surface area contributed by atoms with Gasteiger partial charge in [0, 0.05) is 17.4 Å². The van der Waals surface area contributed by atoms with Gasteiger partial charge in [-0.15, -0.1) is 0 Å². The molecule has 0 aromatic heterocycles. The molecule has 1 saturated carbocycles. The van der Waals surface area contributed by atoms with E-state index in [0.717, 1.165) is 11.1 Å². The molecule has 0 aromatic carbocycles. The predicted molar refractivity (Wildman–Crippen MR) is 70.6 cm³/mol. The lowest BCUT2D eigenvalue weighted by Crippen LogP contribution is -2.54. The molecule has 3 N–H and O–H groups in total. The average molecular weight is 280 g/mol. The molecule has 110 valence electrons. The molecule has 0 unspecified atom stereocenters. The van der Waals surface area contributed by atoms with Gasteiger partial charge in [0.2, 0.25) is 0 Å². The van der Waals surface area contributed by atoms with Crippen LogP contribution in [0.3, 0.4) is 0 Å². The number of ether oxygens (including phenoxy) is 1. The highest BCUT2D eigenvalue weighted by Crippen LogP contribution is 2.55. The standard InChI is InChI=1S/C15H20O5/c1-6-8(16)4-10(18)15(3)5-9(17)11-7(2)14(19)20-13(11)12(6)15/h8-11,13,16-18H,2,4-5H2,1,3H3/t8-,9-,10-,11-,13+,15+/m1/s1. The van der Waals surface area contributed by atoms with E-state index in [2.05, 4.69) is 6.58 Å². The summed E-state index contributed by atoms with van der Waals surface area (Å²) < 4.78 is 5.37. The van der Waals surface area contributed by atoms with Crippen molar-refractivity contribution in [2.24, 2.45) is 11.3 Å². The Labute approximate surface area is 117 Å². The van der Waals surface area contributed by atoms with Crippen molar-refractivity contribution in [3.8, 4) is 0 Å². The summed E-state index contributed by atoms with van der Waals surface area (Å²) in [6, 6.07) is 0. The molecule has 5 nitrogen and oxygen atoms in total. The Morgan fingerprint density at radius 3 is 2.65 bits per heavy atom. The van der Waals surface area contributed by atoms with Crippen LogP contribution in [-0.2, 0) is 9.53 Å². The molecule has 3 rings (SSSR count). The number of aliphatic hydroxyl groups is 3. The third kappa shape index (κ3) is 1.57. The number of hydrogen-bond donors (Lipinski definition) is 3. The van der Waals surface area contributed by atoms with Crippen molar-refractivity contribution >= 4 is 5.97 Å². The number of hydrogen-bond acceptors (Lipinski definition) is 5. The monoisotopic (exact) mass is 280 g/mol. The molecule has 5 heteroatoms. The quantitative estimate of drug-likeness (QED) is 0.337. The lowest BCUT2D eigenvalue weighted by atomic mass is 9.57. The Morgan fingerprint density at radius 2 is 2.00 bits per heavy atom. The first-order valence-corrected chi connectivity index (χ1v) is 6.92. The van der Waals surface area contributed by atoms with Crippen LogP contribution < -0.4 is 0 Å². The van der Waals surface area contributed by atoms with Crippen LogP contribution in [0.4, 0.5) is 0 Å². The summed E-state index contributed by atoms with van der Waals surface area (Å²) in [7, 11) is 0. The van der Waals surface area contributed by atoms with Crippen molar-refractivity contribution < 1.29 is 24.9 Å². The van der Waals surface area contributed by atoms with Crippen molar-refractivity contribution in [3.63, 3.8) is 0 Å². The third-order valence-corrected chi connectivity index (χ3v) is 5.28. The normalized spacial score (nSPS) is 48.0. The van der Waals surface area contributed by atoms with Gasteiger partial charge in [0.1, 0.15) is 6.10 Å². The molecule has 0 aromatic rings. The molecule has 1 saturated heterocycles. The minimum absolute atomic E-state index is 0.241. The molecule has 2 aliphatic carbocycles. The SMILES string of the molecule is C=C1C(=O)O[C@@H]2C3=C(C)[C@H](O)C[C@@H](O)[C@]3(C)C[C@@H](O)[C@@H]12. The average Bonchev–Trinajstić information content (AvgIpc) is 2.63. The molecule has 0 amide bonds. The zero-order valence-electron chi connectivity index (χ0n) is 11.7. The number of esters is 1. The maximum atomic E-state index is 11.8. The fourth-order valence-corrected chi connectivity index (χ4v) is 4.07. The number of carbonyl (C=O) groups excluding carboxylic acids is 1. The lowest BCUT2D eigenvalue weighted by Gasteiger charge is -2.50. The van der Waals surface area contributed by atoms with Gasteiger partial charge >= 0.3 is 5.97 Å².